The van der Waals surface area contributed by atoms with E-state index in [9.17, 15) is 17.6 Å². The highest BCUT2D eigenvalue weighted by Crippen LogP contribution is 2.43. The largest absolute Gasteiger partial charge is 0.490 e. The van der Waals surface area contributed by atoms with Crippen LogP contribution in [0.25, 0.3) is 33.4 Å². The van der Waals surface area contributed by atoms with Gasteiger partial charge in [0.2, 0.25) is 0 Å². The summed E-state index contributed by atoms with van der Waals surface area (Å²) in [5.41, 5.74) is 7.41. The maximum atomic E-state index is 14.3. The lowest BCUT2D eigenvalue weighted by Gasteiger charge is -2.20. The third-order valence-electron chi connectivity index (χ3n) is 6.15. The van der Waals surface area contributed by atoms with Crippen LogP contribution in [0.1, 0.15) is 22.6 Å². The molecule has 0 saturated carbocycles. The van der Waals surface area contributed by atoms with Gasteiger partial charge in [-0.25, -0.2) is 24.1 Å². The number of fused-ring (bicyclic) bond motifs is 1. The average molecular weight is 591 g/mol. The molecule has 3 aromatic heterocycles. The summed E-state index contributed by atoms with van der Waals surface area (Å²) in [5.74, 6) is -1.71. The molecule has 0 aliphatic carbocycles. The van der Waals surface area contributed by atoms with Crippen molar-refractivity contribution in [2.75, 3.05) is 11.9 Å². The first-order chi connectivity index (χ1) is 19.4. The fourth-order valence-corrected chi connectivity index (χ4v) is 4.57. The van der Waals surface area contributed by atoms with E-state index in [1.165, 1.54) is 12.4 Å². The van der Waals surface area contributed by atoms with Gasteiger partial charge in [-0.2, -0.15) is 13.2 Å². The molecule has 2 aromatic carbocycles. The highest BCUT2D eigenvalue weighted by molar-refractivity contribution is 6.32. The minimum absolute atomic E-state index is 0.304. The second-order valence-corrected chi connectivity index (χ2v) is 9.31. The zero-order valence-corrected chi connectivity index (χ0v) is 22.7. The number of aromatic amines is 1. The monoisotopic (exact) mass is 590 g/mol. The molecular weight excluding hydrogens is 568 g/mol. The molecule has 14 heteroatoms. The van der Waals surface area contributed by atoms with Crippen LogP contribution in [0.4, 0.5) is 23.4 Å². The van der Waals surface area contributed by atoms with E-state index in [2.05, 4.69) is 30.4 Å². The number of halogens is 5. The van der Waals surface area contributed by atoms with E-state index in [4.69, 9.17) is 26.0 Å². The van der Waals surface area contributed by atoms with E-state index in [0.29, 0.717) is 35.2 Å². The Balaban J connectivity index is 0.000000493. The molecule has 0 amide bonds. The maximum Gasteiger partial charge on any atom is 0.490 e. The van der Waals surface area contributed by atoms with E-state index < -0.39 is 12.1 Å². The van der Waals surface area contributed by atoms with Crippen LogP contribution in [0.3, 0.4) is 0 Å². The van der Waals surface area contributed by atoms with Gasteiger partial charge >= 0.3 is 12.1 Å². The van der Waals surface area contributed by atoms with Crippen molar-refractivity contribution in [2.24, 2.45) is 0 Å². The Labute approximate surface area is 235 Å². The smallest absolute Gasteiger partial charge is 0.475 e. The number of carboxylic acid groups (broad SMARTS) is 1. The first kappa shape index (κ1) is 29.5. The molecule has 3 N–H and O–H groups in total. The number of carbonyl (C=O) groups is 1. The number of rotatable bonds is 6. The third-order valence-corrected chi connectivity index (χ3v) is 6.55. The van der Waals surface area contributed by atoms with Crippen LogP contribution in [0, 0.1) is 26.6 Å². The van der Waals surface area contributed by atoms with Gasteiger partial charge in [-0.15, -0.1) is 0 Å². The summed E-state index contributed by atoms with van der Waals surface area (Å²) in [7, 11) is 0. The standard InChI is InChI=1S/C25H22ClFN6O.C2HF3O2/c1-13-19(26)10-17(7-8-28-24-23-25(30-11-29-23)32-12-31-24)22(16-5-4-6-18(27)9-16)20(13)21-14(2)33-34-15(21)3;3-2(4,5)1(6)7/h4-6,9-12H,7-8H2,1-3H3,(H2,28,29,30,31,32);(H,6,7). The number of carboxylic acids is 1. The minimum Gasteiger partial charge on any atom is -0.475 e. The molecule has 41 heavy (non-hydrogen) atoms. The van der Waals surface area contributed by atoms with Gasteiger partial charge < -0.3 is 19.9 Å². The maximum absolute atomic E-state index is 14.3. The Morgan fingerprint density at radius 3 is 2.46 bits per heavy atom. The number of alkyl halides is 3. The SMILES string of the molecule is Cc1noc(C)c1-c1c(C)c(Cl)cc(CCNc2ncnc3nc[nH]c23)c1-c1cccc(F)c1.O=C(O)C(F)(F)F. The van der Waals surface area contributed by atoms with Crippen molar-refractivity contribution in [2.45, 2.75) is 33.4 Å². The second kappa shape index (κ2) is 11.9. The Morgan fingerprint density at radius 2 is 1.83 bits per heavy atom. The molecule has 0 fully saturated rings. The normalized spacial score (nSPS) is 11.3. The molecule has 9 nitrogen and oxygen atoms in total. The number of hydrogen-bond acceptors (Lipinski definition) is 7. The number of nitrogens with one attached hydrogen (secondary N) is 2. The zero-order valence-electron chi connectivity index (χ0n) is 21.9. The third kappa shape index (κ3) is 6.46. The number of imidazole rings is 1. The first-order valence-electron chi connectivity index (χ1n) is 12.1. The van der Waals surface area contributed by atoms with Gasteiger partial charge in [0.15, 0.2) is 11.5 Å². The summed E-state index contributed by atoms with van der Waals surface area (Å²) in [6.07, 6.45) is -1.41. The molecule has 0 atom stereocenters. The summed E-state index contributed by atoms with van der Waals surface area (Å²) in [6.45, 7) is 6.29. The Bertz CT molecular complexity index is 1700. The zero-order chi connectivity index (χ0) is 29.9. The topological polar surface area (TPSA) is 130 Å². The molecule has 5 rings (SSSR count). The van der Waals surface area contributed by atoms with Crippen molar-refractivity contribution in [3.8, 4) is 22.3 Å². The number of hydrogen-bond donors (Lipinski definition) is 3. The van der Waals surface area contributed by atoms with Crippen LogP contribution in [-0.4, -0.2) is 48.9 Å². The molecule has 214 valence electrons. The van der Waals surface area contributed by atoms with E-state index in [0.717, 1.165) is 44.6 Å². The van der Waals surface area contributed by atoms with E-state index in [-0.39, 0.29) is 5.82 Å². The predicted molar refractivity (Wildman–Crippen MR) is 144 cm³/mol. The summed E-state index contributed by atoms with van der Waals surface area (Å²) in [4.78, 5) is 24.6. The van der Waals surface area contributed by atoms with Crippen molar-refractivity contribution < 1.29 is 32.0 Å². The number of aliphatic carboxylic acids is 1. The van der Waals surface area contributed by atoms with Crippen LogP contribution < -0.4 is 5.32 Å². The summed E-state index contributed by atoms with van der Waals surface area (Å²) in [5, 5.41) is 15.2. The average Bonchev–Trinajstić information content (AvgIpc) is 3.52. The second-order valence-electron chi connectivity index (χ2n) is 8.91. The van der Waals surface area contributed by atoms with Crippen LogP contribution in [0.15, 0.2) is 47.5 Å². The number of aryl methyl sites for hydroxylation is 2. The number of aromatic nitrogens is 5. The highest BCUT2D eigenvalue weighted by atomic mass is 35.5. The highest BCUT2D eigenvalue weighted by Gasteiger charge is 2.38. The molecule has 3 heterocycles. The predicted octanol–water partition coefficient (Wildman–Crippen LogP) is 6.68. The molecule has 0 aliphatic rings. The van der Waals surface area contributed by atoms with Gasteiger partial charge in [0, 0.05) is 17.1 Å². The van der Waals surface area contributed by atoms with Crippen molar-refractivity contribution in [1.29, 1.82) is 0 Å². The van der Waals surface area contributed by atoms with Crippen LogP contribution in [0.2, 0.25) is 5.02 Å². The molecule has 0 unspecified atom stereocenters. The summed E-state index contributed by atoms with van der Waals surface area (Å²) >= 11 is 6.71. The fraction of sp³-hybridized carbons (Fsp3) is 0.222. The number of H-pyrrole nitrogens is 1. The lowest BCUT2D eigenvalue weighted by atomic mass is 9.85. The lowest BCUT2D eigenvalue weighted by molar-refractivity contribution is -0.192. The van der Waals surface area contributed by atoms with Gasteiger partial charge in [0.25, 0.3) is 0 Å². The Kier molecular flexibility index (Phi) is 8.57. The molecule has 0 saturated heterocycles. The summed E-state index contributed by atoms with van der Waals surface area (Å²) in [6, 6.07) is 8.55. The van der Waals surface area contributed by atoms with E-state index in [1.54, 1.807) is 18.5 Å². The lowest BCUT2D eigenvalue weighted by Crippen LogP contribution is -2.21. The fourth-order valence-electron chi connectivity index (χ4n) is 4.34. The number of nitrogens with zero attached hydrogens (tertiary/aromatic N) is 4. The minimum atomic E-state index is -5.08. The van der Waals surface area contributed by atoms with Crippen molar-refractivity contribution in [3.63, 3.8) is 0 Å². The molecule has 0 bridgehead atoms. The Hall–Kier alpha value is -4.52. The van der Waals surface area contributed by atoms with Crippen molar-refractivity contribution >= 4 is 34.6 Å². The number of anilines is 1. The van der Waals surface area contributed by atoms with E-state index in [1.807, 2.05) is 32.9 Å². The summed E-state index contributed by atoms with van der Waals surface area (Å²) < 4.78 is 51.5. The van der Waals surface area contributed by atoms with Gasteiger partial charge in [-0.1, -0.05) is 28.9 Å². The van der Waals surface area contributed by atoms with Gasteiger partial charge in [-0.05, 0) is 73.2 Å². The quantitative estimate of drug-likeness (QED) is 0.187. The van der Waals surface area contributed by atoms with Crippen LogP contribution in [-0.2, 0) is 11.2 Å². The van der Waals surface area contributed by atoms with Gasteiger partial charge in [0.1, 0.15) is 23.4 Å². The molecule has 5 aromatic rings. The molecule has 0 spiro atoms. The van der Waals surface area contributed by atoms with Crippen molar-refractivity contribution in [3.05, 3.63) is 76.4 Å². The van der Waals surface area contributed by atoms with Gasteiger partial charge in [-0.3, -0.25) is 0 Å². The van der Waals surface area contributed by atoms with Crippen molar-refractivity contribution in [1.82, 2.24) is 25.1 Å². The Morgan fingerprint density at radius 1 is 1.10 bits per heavy atom. The van der Waals surface area contributed by atoms with Gasteiger partial charge in [0.05, 0.1) is 12.0 Å². The van der Waals surface area contributed by atoms with Crippen LogP contribution in [0.5, 0.6) is 0 Å². The molecular formula is C27H23ClF4N6O3. The molecule has 0 aliphatic heterocycles. The van der Waals surface area contributed by atoms with Crippen LogP contribution >= 0.6 is 11.6 Å². The number of benzene rings is 2. The van der Waals surface area contributed by atoms with E-state index >= 15 is 0 Å². The molecule has 0 radical (unpaired) electrons. The first-order valence-corrected chi connectivity index (χ1v) is 12.5.